The molecule has 3 aromatic rings. The topological polar surface area (TPSA) is 86.6 Å². The second kappa shape index (κ2) is 14.2. The van der Waals surface area contributed by atoms with Gasteiger partial charge in [0.2, 0.25) is 0 Å². The molecule has 5 nitrogen and oxygen atoms in total. The van der Waals surface area contributed by atoms with Crippen LogP contribution in [0.25, 0.3) is 6.08 Å². The predicted molar refractivity (Wildman–Crippen MR) is 129 cm³/mol. The molecule has 168 valence electrons. The zero-order chi connectivity index (χ0) is 23.9. The summed E-state index contributed by atoms with van der Waals surface area (Å²) >= 11 is 0. The molecule has 0 heterocycles. The molecule has 1 amide bonds. The van der Waals surface area contributed by atoms with E-state index in [0.717, 1.165) is 0 Å². The third kappa shape index (κ3) is 10.3. The molecule has 0 radical (unpaired) electrons. The lowest BCUT2D eigenvalue weighted by molar-refractivity contribution is -0.113. The van der Waals surface area contributed by atoms with Gasteiger partial charge >= 0.3 is 0 Å². The lowest BCUT2D eigenvalue weighted by atomic mass is 10.1. The molecular formula is C27H31NO4. The van der Waals surface area contributed by atoms with Crippen LogP contribution in [0.4, 0.5) is 0 Å². The van der Waals surface area contributed by atoms with Gasteiger partial charge in [0.05, 0.1) is 5.70 Å². The Bertz CT molecular complexity index is 971. The average molecular weight is 434 g/mol. The zero-order valence-electron chi connectivity index (χ0n) is 19.0. The number of Topliss-reactive ketones (excluding diaryl/α,β-unsaturated/α-hetero) is 1. The van der Waals surface area contributed by atoms with Gasteiger partial charge in [-0.2, -0.15) is 0 Å². The number of amides is 1. The SMILES string of the molecule is CC(=O)/C(=C/c1ccc(O)cc1)NC(=O)c1ccccc1.CCC.Cc1ccc(O)cc1. The average Bonchev–Trinajstić information content (AvgIpc) is 2.78. The van der Waals surface area contributed by atoms with Crippen LogP contribution in [-0.4, -0.2) is 21.9 Å². The maximum Gasteiger partial charge on any atom is 0.255 e. The van der Waals surface area contributed by atoms with Gasteiger partial charge in [-0.1, -0.05) is 68.3 Å². The van der Waals surface area contributed by atoms with Crippen molar-refractivity contribution in [2.24, 2.45) is 0 Å². The number of hydrogen-bond donors (Lipinski definition) is 3. The van der Waals surface area contributed by atoms with Gasteiger partial charge in [0.15, 0.2) is 5.78 Å². The van der Waals surface area contributed by atoms with Crippen molar-refractivity contribution in [3.8, 4) is 11.5 Å². The highest BCUT2D eigenvalue weighted by Gasteiger charge is 2.10. The van der Waals surface area contributed by atoms with Gasteiger partial charge in [0.1, 0.15) is 11.5 Å². The van der Waals surface area contributed by atoms with E-state index in [-0.39, 0.29) is 23.1 Å². The van der Waals surface area contributed by atoms with E-state index in [4.69, 9.17) is 5.11 Å². The Kier molecular flexibility index (Phi) is 11.6. The predicted octanol–water partition coefficient (Wildman–Crippen LogP) is 5.87. The lowest BCUT2D eigenvalue weighted by Crippen LogP contribution is -2.26. The molecule has 0 unspecified atom stereocenters. The first-order chi connectivity index (χ1) is 15.3. The molecule has 0 spiro atoms. The number of carbonyl (C=O) groups is 2. The van der Waals surface area contributed by atoms with E-state index in [2.05, 4.69) is 19.2 Å². The minimum atomic E-state index is -0.337. The number of rotatable bonds is 4. The Labute approximate surface area is 190 Å². The number of phenols is 2. The maximum atomic E-state index is 12.1. The third-order valence-corrected chi connectivity index (χ3v) is 3.90. The van der Waals surface area contributed by atoms with Gasteiger partial charge in [-0.15, -0.1) is 0 Å². The second-order valence-corrected chi connectivity index (χ2v) is 7.07. The molecule has 0 aliphatic rings. The molecular weight excluding hydrogens is 402 g/mol. The van der Waals surface area contributed by atoms with E-state index in [9.17, 15) is 14.7 Å². The van der Waals surface area contributed by atoms with Crippen LogP contribution in [0.3, 0.4) is 0 Å². The van der Waals surface area contributed by atoms with Gasteiger partial charge in [-0.3, -0.25) is 9.59 Å². The van der Waals surface area contributed by atoms with Crippen LogP contribution in [0.1, 0.15) is 48.7 Å². The minimum Gasteiger partial charge on any atom is -0.508 e. The molecule has 0 aliphatic carbocycles. The van der Waals surface area contributed by atoms with Crippen LogP contribution in [0, 0.1) is 6.92 Å². The fourth-order valence-corrected chi connectivity index (χ4v) is 2.29. The maximum absolute atomic E-state index is 12.1. The summed E-state index contributed by atoms with van der Waals surface area (Å²) in [6.45, 7) is 7.62. The molecule has 3 N–H and O–H groups in total. The van der Waals surface area contributed by atoms with Gasteiger partial charge in [0, 0.05) is 12.5 Å². The smallest absolute Gasteiger partial charge is 0.255 e. The normalized spacial score (nSPS) is 10.1. The monoisotopic (exact) mass is 433 g/mol. The molecule has 32 heavy (non-hydrogen) atoms. The molecule has 0 saturated carbocycles. The summed E-state index contributed by atoms with van der Waals surface area (Å²) in [5, 5.41) is 20.6. The van der Waals surface area contributed by atoms with Crippen LogP contribution in [0.2, 0.25) is 0 Å². The summed E-state index contributed by atoms with van der Waals surface area (Å²) in [7, 11) is 0. The van der Waals surface area contributed by atoms with Gasteiger partial charge in [-0.05, 0) is 55.0 Å². The first-order valence-electron chi connectivity index (χ1n) is 10.4. The summed E-state index contributed by atoms with van der Waals surface area (Å²) in [6.07, 6.45) is 2.82. The molecule has 0 aliphatic heterocycles. The third-order valence-electron chi connectivity index (χ3n) is 3.90. The summed E-state index contributed by atoms with van der Waals surface area (Å²) in [4.78, 5) is 23.7. The Balaban J connectivity index is 0.000000384. The standard InChI is InChI=1S/C17H15NO3.C7H8O.C3H8/c1-12(19)16(11-13-7-9-15(20)10-8-13)18-17(21)14-5-3-2-4-6-14;1-6-2-4-7(8)5-3-6;1-3-2/h2-11,20H,1H3,(H,18,21);2-5,8H,1H3;3H2,1-2H3/b16-11-;;. The van der Waals surface area contributed by atoms with Gasteiger partial charge in [0.25, 0.3) is 5.91 Å². The van der Waals surface area contributed by atoms with Crippen LogP contribution in [0.5, 0.6) is 11.5 Å². The minimum absolute atomic E-state index is 0.143. The highest BCUT2D eigenvalue weighted by molar-refractivity contribution is 6.05. The number of nitrogens with one attached hydrogen (secondary N) is 1. The van der Waals surface area contributed by atoms with Crippen LogP contribution in [-0.2, 0) is 4.79 Å². The zero-order valence-corrected chi connectivity index (χ0v) is 19.0. The first-order valence-corrected chi connectivity index (χ1v) is 10.4. The molecule has 0 saturated heterocycles. The molecule has 0 bridgehead atoms. The molecule has 5 heteroatoms. The van der Waals surface area contributed by atoms with Crippen molar-refractivity contribution in [1.82, 2.24) is 5.32 Å². The molecule has 0 atom stereocenters. The molecule has 3 rings (SSSR count). The van der Waals surface area contributed by atoms with Crippen LogP contribution in [0.15, 0.2) is 84.6 Å². The van der Waals surface area contributed by atoms with Crippen molar-refractivity contribution in [3.05, 3.63) is 101 Å². The number of aryl methyl sites for hydroxylation is 1. The van der Waals surface area contributed by atoms with E-state index in [0.29, 0.717) is 16.9 Å². The van der Waals surface area contributed by atoms with E-state index in [1.54, 1.807) is 54.6 Å². The van der Waals surface area contributed by atoms with E-state index in [1.807, 2.05) is 25.1 Å². The molecule has 3 aromatic carbocycles. The van der Waals surface area contributed by atoms with Crippen molar-refractivity contribution >= 4 is 17.8 Å². The Morgan fingerprint density at radius 2 is 1.28 bits per heavy atom. The Morgan fingerprint density at radius 1 is 0.812 bits per heavy atom. The van der Waals surface area contributed by atoms with Crippen LogP contribution < -0.4 is 5.32 Å². The summed E-state index contributed by atoms with van der Waals surface area (Å²) in [5.74, 6) is -0.108. The second-order valence-electron chi connectivity index (χ2n) is 7.07. The highest BCUT2D eigenvalue weighted by Crippen LogP contribution is 2.13. The van der Waals surface area contributed by atoms with Crippen molar-refractivity contribution in [2.75, 3.05) is 0 Å². The van der Waals surface area contributed by atoms with E-state index < -0.39 is 0 Å². The number of phenolic OH excluding ortho intramolecular Hbond substituents is 2. The van der Waals surface area contributed by atoms with Crippen molar-refractivity contribution in [1.29, 1.82) is 0 Å². The number of ketones is 1. The first kappa shape index (κ1) is 26.2. The molecule has 0 fully saturated rings. The molecule has 0 aromatic heterocycles. The number of carbonyl (C=O) groups excluding carboxylic acids is 2. The fourth-order valence-electron chi connectivity index (χ4n) is 2.29. The number of allylic oxidation sites excluding steroid dienone is 1. The summed E-state index contributed by atoms with van der Waals surface area (Å²) in [5.41, 5.74) is 2.57. The Morgan fingerprint density at radius 3 is 1.72 bits per heavy atom. The number of aromatic hydroxyl groups is 2. The van der Waals surface area contributed by atoms with E-state index in [1.165, 1.54) is 31.0 Å². The van der Waals surface area contributed by atoms with Gasteiger partial charge in [-0.25, -0.2) is 0 Å². The highest BCUT2D eigenvalue weighted by atomic mass is 16.3. The summed E-state index contributed by atoms with van der Waals surface area (Å²) in [6, 6.07) is 22.1. The fraction of sp³-hybridized carbons (Fsp3) is 0.185. The number of hydrogen-bond acceptors (Lipinski definition) is 4. The van der Waals surface area contributed by atoms with Crippen molar-refractivity contribution in [3.63, 3.8) is 0 Å². The Hall–Kier alpha value is -3.86. The largest absolute Gasteiger partial charge is 0.508 e. The lowest BCUT2D eigenvalue weighted by Gasteiger charge is -2.07. The van der Waals surface area contributed by atoms with E-state index >= 15 is 0 Å². The summed E-state index contributed by atoms with van der Waals surface area (Å²) < 4.78 is 0. The quantitative estimate of drug-likeness (QED) is 0.449. The van der Waals surface area contributed by atoms with Crippen molar-refractivity contribution < 1.29 is 19.8 Å². The van der Waals surface area contributed by atoms with Crippen molar-refractivity contribution in [2.45, 2.75) is 34.1 Å². The van der Waals surface area contributed by atoms with Gasteiger partial charge < -0.3 is 15.5 Å². The van der Waals surface area contributed by atoms with Crippen LogP contribution >= 0.6 is 0 Å². The number of benzene rings is 3.